The van der Waals surface area contributed by atoms with Crippen LogP contribution in [0.15, 0.2) is 18.3 Å². The molecule has 0 radical (unpaired) electrons. The van der Waals surface area contributed by atoms with Gasteiger partial charge >= 0.3 is 0 Å². The van der Waals surface area contributed by atoms with E-state index in [1.54, 1.807) is 7.11 Å². The summed E-state index contributed by atoms with van der Waals surface area (Å²) in [5.74, 6) is 0.961. The highest BCUT2D eigenvalue weighted by atomic mass is 16.5. The van der Waals surface area contributed by atoms with E-state index in [2.05, 4.69) is 10.2 Å². The number of ether oxygens (including phenoxy) is 1. The molecule has 0 unspecified atom stereocenters. The molecule has 2 aromatic rings. The lowest BCUT2D eigenvalue weighted by Crippen LogP contribution is -2.01. The highest BCUT2D eigenvalue weighted by Gasteiger charge is 2.05. The Morgan fingerprint density at radius 3 is 3.00 bits per heavy atom. The van der Waals surface area contributed by atoms with Crippen molar-refractivity contribution >= 4 is 5.65 Å². The lowest BCUT2D eigenvalue weighted by atomic mass is 10.2. The third-order valence-corrected chi connectivity index (χ3v) is 2.52. The Morgan fingerprint density at radius 2 is 2.25 bits per heavy atom. The van der Waals surface area contributed by atoms with Crippen molar-refractivity contribution in [2.75, 3.05) is 13.7 Å². The van der Waals surface area contributed by atoms with Gasteiger partial charge in [0, 0.05) is 32.9 Å². The first kappa shape index (κ1) is 11.0. The highest BCUT2D eigenvalue weighted by molar-refractivity contribution is 5.39. The molecule has 0 aromatic carbocycles. The zero-order valence-corrected chi connectivity index (χ0v) is 9.39. The number of hydrogen-bond acceptors (Lipinski definition) is 4. The molecule has 0 aliphatic rings. The number of nitrogens with two attached hydrogens (primary N) is 1. The normalized spacial score (nSPS) is 11.1. The van der Waals surface area contributed by atoms with Crippen molar-refractivity contribution in [3.8, 4) is 0 Å². The number of pyridine rings is 1. The van der Waals surface area contributed by atoms with Crippen LogP contribution in [0.25, 0.3) is 5.65 Å². The van der Waals surface area contributed by atoms with E-state index in [9.17, 15) is 0 Å². The first-order chi connectivity index (χ1) is 7.85. The average molecular weight is 220 g/mol. The summed E-state index contributed by atoms with van der Waals surface area (Å²) in [6.45, 7) is 1.27. The first-order valence-corrected chi connectivity index (χ1v) is 5.36. The summed E-state index contributed by atoms with van der Waals surface area (Å²) in [5.41, 5.74) is 7.56. The maximum Gasteiger partial charge on any atom is 0.160 e. The fourth-order valence-electron chi connectivity index (χ4n) is 1.65. The summed E-state index contributed by atoms with van der Waals surface area (Å²) < 4.78 is 7.02. The van der Waals surface area contributed by atoms with Crippen molar-refractivity contribution in [1.29, 1.82) is 0 Å². The fraction of sp³-hybridized carbons (Fsp3) is 0.455. The Hall–Kier alpha value is -1.46. The van der Waals surface area contributed by atoms with Crippen molar-refractivity contribution < 1.29 is 4.74 Å². The van der Waals surface area contributed by atoms with Gasteiger partial charge in [0.05, 0.1) is 0 Å². The minimum atomic E-state index is 0.533. The fourth-order valence-corrected chi connectivity index (χ4v) is 1.65. The van der Waals surface area contributed by atoms with Gasteiger partial charge in [0.25, 0.3) is 0 Å². The van der Waals surface area contributed by atoms with Crippen molar-refractivity contribution in [2.45, 2.75) is 19.4 Å². The van der Waals surface area contributed by atoms with Gasteiger partial charge in [0.1, 0.15) is 5.82 Å². The molecule has 0 fully saturated rings. The van der Waals surface area contributed by atoms with Gasteiger partial charge < -0.3 is 10.5 Å². The van der Waals surface area contributed by atoms with Crippen LogP contribution in [0.5, 0.6) is 0 Å². The second kappa shape index (κ2) is 5.05. The molecule has 2 rings (SSSR count). The summed E-state index contributed by atoms with van der Waals surface area (Å²) in [6, 6.07) is 3.91. The van der Waals surface area contributed by atoms with Gasteiger partial charge in [0.15, 0.2) is 5.65 Å². The van der Waals surface area contributed by atoms with Gasteiger partial charge in [-0.3, -0.25) is 4.40 Å². The van der Waals surface area contributed by atoms with Gasteiger partial charge in [-0.2, -0.15) is 0 Å². The number of aromatic nitrogens is 3. The topological polar surface area (TPSA) is 65.4 Å². The van der Waals surface area contributed by atoms with E-state index in [1.165, 1.54) is 0 Å². The van der Waals surface area contributed by atoms with Crippen LogP contribution < -0.4 is 5.73 Å². The van der Waals surface area contributed by atoms with Gasteiger partial charge in [0.2, 0.25) is 0 Å². The van der Waals surface area contributed by atoms with Gasteiger partial charge in [-0.05, 0) is 18.1 Å². The Morgan fingerprint density at radius 1 is 1.38 bits per heavy atom. The summed E-state index contributed by atoms with van der Waals surface area (Å²) in [4.78, 5) is 0. The molecule has 0 atom stereocenters. The molecule has 2 N–H and O–H groups in total. The van der Waals surface area contributed by atoms with Crippen LogP contribution >= 0.6 is 0 Å². The van der Waals surface area contributed by atoms with Crippen LogP contribution in [0.2, 0.25) is 0 Å². The van der Waals surface area contributed by atoms with Gasteiger partial charge in [-0.15, -0.1) is 10.2 Å². The highest BCUT2D eigenvalue weighted by Crippen LogP contribution is 2.08. The standard InChI is InChI=1S/C11H16N4O/c1-16-6-2-3-10-13-14-11-5-4-9(7-12)8-15(10)11/h4-5,8H,2-3,6-7,12H2,1H3. The molecule has 16 heavy (non-hydrogen) atoms. The number of hydrogen-bond donors (Lipinski definition) is 1. The predicted octanol–water partition coefficient (Wildman–Crippen LogP) is 0.767. The maximum absolute atomic E-state index is 5.61. The molecule has 0 aliphatic carbocycles. The smallest absolute Gasteiger partial charge is 0.160 e. The van der Waals surface area contributed by atoms with Crippen molar-refractivity contribution in [3.63, 3.8) is 0 Å². The number of methoxy groups -OCH3 is 1. The Bertz CT molecular complexity index is 466. The lowest BCUT2D eigenvalue weighted by Gasteiger charge is -2.01. The van der Waals surface area contributed by atoms with Crippen molar-refractivity contribution in [2.24, 2.45) is 5.73 Å². The first-order valence-electron chi connectivity index (χ1n) is 5.36. The van der Waals surface area contributed by atoms with Crippen LogP contribution in [0.1, 0.15) is 17.8 Å². The van der Waals surface area contributed by atoms with E-state index in [4.69, 9.17) is 10.5 Å². The molecular formula is C11H16N4O. The third kappa shape index (κ3) is 2.20. The van der Waals surface area contributed by atoms with Crippen molar-refractivity contribution in [1.82, 2.24) is 14.6 Å². The molecule has 0 saturated carbocycles. The predicted molar refractivity (Wildman–Crippen MR) is 61.1 cm³/mol. The molecule has 0 saturated heterocycles. The average Bonchev–Trinajstić information content (AvgIpc) is 2.72. The monoisotopic (exact) mass is 220 g/mol. The van der Waals surface area contributed by atoms with E-state index < -0.39 is 0 Å². The van der Waals surface area contributed by atoms with E-state index in [0.29, 0.717) is 6.54 Å². The quantitative estimate of drug-likeness (QED) is 0.756. The van der Waals surface area contributed by atoms with Crippen molar-refractivity contribution in [3.05, 3.63) is 29.7 Å². The molecule has 5 heteroatoms. The molecule has 86 valence electrons. The second-order valence-corrected chi connectivity index (χ2v) is 3.68. The van der Waals surface area contributed by atoms with E-state index >= 15 is 0 Å². The Balaban J connectivity index is 2.24. The number of aryl methyl sites for hydroxylation is 1. The lowest BCUT2D eigenvalue weighted by molar-refractivity contribution is 0.194. The second-order valence-electron chi connectivity index (χ2n) is 3.68. The van der Waals surface area contributed by atoms with E-state index in [1.807, 2.05) is 22.7 Å². The van der Waals surface area contributed by atoms with Crippen LogP contribution in [0.4, 0.5) is 0 Å². The SMILES string of the molecule is COCCCc1nnc2ccc(CN)cn12. The zero-order valence-electron chi connectivity index (χ0n) is 9.39. The minimum Gasteiger partial charge on any atom is -0.385 e. The van der Waals surface area contributed by atoms with Gasteiger partial charge in [-0.1, -0.05) is 6.07 Å². The van der Waals surface area contributed by atoms with E-state index in [-0.39, 0.29) is 0 Å². The van der Waals surface area contributed by atoms with Gasteiger partial charge in [-0.25, -0.2) is 0 Å². The number of rotatable bonds is 5. The molecule has 0 amide bonds. The molecule has 0 aliphatic heterocycles. The van der Waals surface area contributed by atoms with Crippen LogP contribution in [0.3, 0.4) is 0 Å². The Labute approximate surface area is 94.2 Å². The largest absolute Gasteiger partial charge is 0.385 e. The number of nitrogens with zero attached hydrogens (tertiary/aromatic N) is 3. The molecule has 5 nitrogen and oxygen atoms in total. The maximum atomic E-state index is 5.61. The van der Waals surface area contributed by atoms with Crippen LogP contribution in [0, 0.1) is 0 Å². The molecular weight excluding hydrogens is 204 g/mol. The molecule has 0 bridgehead atoms. The third-order valence-electron chi connectivity index (χ3n) is 2.52. The number of fused-ring (bicyclic) bond motifs is 1. The van der Waals surface area contributed by atoms with Crippen LogP contribution in [-0.4, -0.2) is 28.3 Å². The Kier molecular flexibility index (Phi) is 3.48. The van der Waals surface area contributed by atoms with Crippen LogP contribution in [-0.2, 0) is 17.7 Å². The summed E-state index contributed by atoms with van der Waals surface area (Å²) >= 11 is 0. The molecule has 0 spiro atoms. The summed E-state index contributed by atoms with van der Waals surface area (Å²) in [7, 11) is 1.70. The molecule has 2 heterocycles. The summed E-state index contributed by atoms with van der Waals surface area (Å²) in [5, 5.41) is 8.26. The van der Waals surface area contributed by atoms with E-state index in [0.717, 1.165) is 36.5 Å². The molecule has 2 aromatic heterocycles. The minimum absolute atomic E-state index is 0.533. The summed E-state index contributed by atoms with van der Waals surface area (Å²) in [6.07, 6.45) is 3.81. The zero-order chi connectivity index (χ0) is 11.4.